The number of halogens is 3. The van der Waals surface area contributed by atoms with Gasteiger partial charge in [0.1, 0.15) is 5.75 Å². The van der Waals surface area contributed by atoms with E-state index in [1.165, 1.54) is 34.8 Å². The molecule has 0 spiro atoms. The third-order valence-corrected chi connectivity index (χ3v) is 6.69. The first-order valence-electron chi connectivity index (χ1n) is 9.28. The Balaban J connectivity index is 1.60. The lowest BCUT2D eigenvalue weighted by atomic mass is 9.97. The molecule has 0 bridgehead atoms. The van der Waals surface area contributed by atoms with Crippen LogP contribution in [-0.4, -0.2) is 49.1 Å². The van der Waals surface area contributed by atoms with E-state index in [-0.39, 0.29) is 35.3 Å². The predicted molar refractivity (Wildman–Crippen MR) is 104 cm³/mol. The summed E-state index contributed by atoms with van der Waals surface area (Å²) in [6.45, 7) is -1.10. The van der Waals surface area contributed by atoms with Gasteiger partial charge in [-0.2, -0.15) is 17.5 Å². The van der Waals surface area contributed by atoms with E-state index in [4.69, 9.17) is 4.74 Å². The quantitative estimate of drug-likeness (QED) is 0.741. The van der Waals surface area contributed by atoms with Crippen molar-refractivity contribution < 1.29 is 31.1 Å². The van der Waals surface area contributed by atoms with Crippen molar-refractivity contribution in [2.45, 2.75) is 23.9 Å². The molecule has 11 heteroatoms. The SMILES string of the molecule is Cn1ccc(S(=O)(=O)N2CCC(C(=O)Nc3ccccc3OCC(F)(F)F)CC2)c1. The molecule has 1 N–H and O–H groups in total. The highest BCUT2D eigenvalue weighted by Crippen LogP contribution is 2.29. The smallest absolute Gasteiger partial charge is 0.422 e. The molecule has 2 aromatic rings. The van der Waals surface area contributed by atoms with E-state index in [0.29, 0.717) is 12.8 Å². The molecule has 1 aliphatic heterocycles. The summed E-state index contributed by atoms with van der Waals surface area (Å²) in [7, 11) is -1.89. The highest BCUT2D eigenvalue weighted by molar-refractivity contribution is 7.89. The summed E-state index contributed by atoms with van der Waals surface area (Å²) < 4.78 is 70.3. The van der Waals surface area contributed by atoms with Gasteiger partial charge in [0.2, 0.25) is 15.9 Å². The Hall–Kier alpha value is -2.53. The molecule has 164 valence electrons. The van der Waals surface area contributed by atoms with E-state index in [2.05, 4.69) is 5.32 Å². The van der Waals surface area contributed by atoms with Crippen LogP contribution in [0.15, 0.2) is 47.6 Å². The van der Waals surface area contributed by atoms with Crippen LogP contribution in [0.2, 0.25) is 0 Å². The van der Waals surface area contributed by atoms with Crippen LogP contribution < -0.4 is 10.1 Å². The summed E-state index contributed by atoms with van der Waals surface area (Å²) in [6, 6.07) is 7.40. The Kier molecular flexibility index (Phi) is 6.41. The van der Waals surface area contributed by atoms with Crippen molar-refractivity contribution in [1.82, 2.24) is 8.87 Å². The number of hydrogen-bond acceptors (Lipinski definition) is 4. The number of hydrogen-bond donors (Lipinski definition) is 1. The second-order valence-electron chi connectivity index (χ2n) is 7.08. The first-order chi connectivity index (χ1) is 14.1. The van der Waals surface area contributed by atoms with Crippen LogP contribution in [0.3, 0.4) is 0 Å². The van der Waals surface area contributed by atoms with Gasteiger partial charge in [-0.25, -0.2) is 8.42 Å². The number of nitrogens with zero attached hydrogens (tertiary/aromatic N) is 2. The van der Waals surface area contributed by atoms with E-state index in [1.54, 1.807) is 23.9 Å². The summed E-state index contributed by atoms with van der Waals surface area (Å²) in [5, 5.41) is 2.60. The van der Waals surface area contributed by atoms with Crippen LogP contribution >= 0.6 is 0 Å². The molecule has 0 unspecified atom stereocenters. The molecule has 0 saturated carbocycles. The summed E-state index contributed by atoms with van der Waals surface area (Å²) in [5.41, 5.74) is 0.145. The molecule has 1 saturated heterocycles. The van der Waals surface area contributed by atoms with Crippen molar-refractivity contribution in [3.8, 4) is 5.75 Å². The molecular weight excluding hydrogens is 423 g/mol. The van der Waals surface area contributed by atoms with E-state index in [0.717, 1.165) is 0 Å². The standard InChI is InChI=1S/C19H22F3N3O4S/c1-24-9-8-15(12-24)30(27,28)25-10-6-14(7-11-25)18(26)23-16-4-2-3-5-17(16)29-13-19(20,21)22/h2-5,8-9,12,14H,6-7,10-11,13H2,1H3,(H,23,26). The van der Waals surface area contributed by atoms with Gasteiger partial charge in [0.25, 0.3) is 0 Å². The molecule has 1 aliphatic rings. The Labute approximate surface area is 172 Å². The van der Waals surface area contributed by atoms with Gasteiger partial charge >= 0.3 is 6.18 Å². The minimum Gasteiger partial charge on any atom is -0.482 e. The van der Waals surface area contributed by atoms with Gasteiger partial charge in [-0.3, -0.25) is 4.79 Å². The van der Waals surface area contributed by atoms with Crippen molar-refractivity contribution >= 4 is 21.6 Å². The summed E-state index contributed by atoms with van der Waals surface area (Å²) in [6.07, 6.45) is -0.710. The Bertz CT molecular complexity index is 996. The van der Waals surface area contributed by atoms with Crippen LogP contribution in [-0.2, 0) is 21.9 Å². The third kappa shape index (κ3) is 5.33. The molecule has 30 heavy (non-hydrogen) atoms. The summed E-state index contributed by atoms with van der Waals surface area (Å²) in [4.78, 5) is 12.8. The molecule has 0 aliphatic carbocycles. The lowest BCUT2D eigenvalue weighted by Crippen LogP contribution is -2.41. The fourth-order valence-electron chi connectivity index (χ4n) is 3.23. The number of benzene rings is 1. The number of sulfonamides is 1. The van der Waals surface area contributed by atoms with Crippen LogP contribution in [0.4, 0.5) is 18.9 Å². The van der Waals surface area contributed by atoms with Crippen LogP contribution in [0.5, 0.6) is 5.75 Å². The Morgan fingerprint density at radius 1 is 1.20 bits per heavy atom. The number of aryl methyl sites for hydroxylation is 1. The van der Waals surface area contributed by atoms with Crippen LogP contribution in [0, 0.1) is 5.92 Å². The monoisotopic (exact) mass is 445 g/mol. The first-order valence-corrected chi connectivity index (χ1v) is 10.7. The number of aromatic nitrogens is 1. The molecule has 3 rings (SSSR count). The number of alkyl halides is 3. The van der Waals surface area contributed by atoms with Crippen molar-refractivity contribution in [2.24, 2.45) is 13.0 Å². The normalized spacial score (nSPS) is 16.4. The second-order valence-corrected chi connectivity index (χ2v) is 9.02. The van der Waals surface area contributed by atoms with Gasteiger partial charge in [0.05, 0.1) is 10.6 Å². The highest BCUT2D eigenvalue weighted by atomic mass is 32.2. The molecule has 7 nitrogen and oxygen atoms in total. The second kappa shape index (κ2) is 8.68. The van der Waals surface area contributed by atoms with Gasteiger partial charge in [-0.05, 0) is 31.0 Å². The minimum absolute atomic E-state index is 0.0766. The number of carbonyl (C=O) groups excluding carboxylic acids is 1. The van der Waals surface area contributed by atoms with Gasteiger partial charge in [0.15, 0.2) is 6.61 Å². The number of rotatable bonds is 6. The first kappa shape index (κ1) is 22.2. The summed E-state index contributed by atoms with van der Waals surface area (Å²) in [5.74, 6) is -0.912. The molecule has 2 heterocycles. The number of anilines is 1. The van der Waals surface area contributed by atoms with E-state index >= 15 is 0 Å². The van der Waals surface area contributed by atoms with E-state index in [1.807, 2.05) is 0 Å². The maximum absolute atomic E-state index is 12.7. The van der Waals surface area contributed by atoms with Gasteiger partial charge in [-0.15, -0.1) is 0 Å². The van der Waals surface area contributed by atoms with Gasteiger partial charge < -0.3 is 14.6 Å². The molecule has 1 aromatic carbocycles. The lowest BCUT2D eigenvalue weighted by Gasteiger charge is -2.30. The largest absolute Gasteiger partial charge is 0.482 e. The molecule has 1 amide bonds. The van der Waals surface area contributed by atoms with E-state index < -0.39 is 28.7 Å². The molecule has 0 radical (unpaired) electrons. The minimum atomic E-state index is -4.49. The Morgan fingerprint density at radius 3 is 2.47 bits per heavy atom. The average Bonchev–Trinajstić information content (AvgIpc) is 3.14. The maximum atomic E-state index is 12.7. The van der Waals surface area contributed by atoms with Crippen molar-refractivity contribution in [2.75, 3.05) is 25.0 Å². The van der Waals surface area contributed by atoms with Gasteiger partial charge in [-0.1, -0.05) is 12.1 Å². The lowest BCUT2D eigenvalue weighted by molar-refractivity contribution is -0.153. The summed E-state index contributed by atoms with van der Waals surface area (Å²) >= 11 is 0. The number of piperidine rings is 1. The third-order valence-electron chi connectivity index (χ3n) is 4.80. The van der Waals surface area contributed by atoms with Crippen LogP contribution in [0.1, 0.15) is 12.8 Å². The Morgan fingerprint density at radius 2 is 1.87 bits per heavy atom. The molecular formula is C19H22F3N3O4S. The molecule has 1 aromatic heterocycles. The fraction of sp³-hybridized carbons (Fsp3) is 0.421. The number of amides is 1. The van der Waals surface area contributed by atoms with Crippen molar-refractivity contribution in [1.29, 1.82) is 0 Å². The number of ether oxygens (including phenoxy) is 1. The van der Waals surface area contributed by atoms with Crippen LogP contribution in [0.25, 0.3) is 0 Å². The predicted octanol–water partition coefficient (Wildman–Crippen LogP) is 3.01. The molecule has 1 fully saturated rings. The zero-order valence-electron chi connectivity index (χ0n) is 16.2. The highest BCUT2D eigenvalue weighted by Gasteiger charge is 2.33. The van der Waals surface area contributed by atoms with Crippen molar-refractivity contribution in [3.63, 3.8) is 0 Å². The topological polar surface area (TPSA) is 80.6 Å². The zero-order chi connectivity index (χ0) is 21.9. The number of para-hydroxylation sites is 2. The maximum Gasteiger partial charge on any atom is 0.422 e. The van der Waals surface area contributed by atoms with E-state index in [9.17, 15) is 26.4 Å². The number of carbonyl (C=O) groups is 1. The molecule has 0 atom stereocenters. The van der Waals surface area contributed by atoms with Gasteiger partial charge in [0, 0.05) is 38.4 Å². The fourth-order valence-corrected chi connectivity index (χ4v) is 4.75. The zero-order valence-corrected chi connectivity index (χ0v) is 17.0. The number of nitrogens with one attached hydrogen (secondary N) is 1. The average molecular weight is 445 g/mol. The van der Waals surface area contributed by atoms with Crippen molar-refractivity contribution in [3.05, 3.63) is 42.7 Å².